The zero-order chi connectivity index (χ0) is 17.1. The number of nitrogens with zero attached hydrogens (tertiary/aromatic N) is 3. The molecule has 0 fully saturated rings. The van der Waals surface area contributed by atoms with Crippen molar-refractivity contribution in [3.8, 4) is 0 Å². The molecule has 0 unspecified atom stereocenters. The van der Waals surface area contributed by atoms with Crippen LogP contribution >= 0.6 is 0 Å². The van der Waals surface area contributed by atoms with Crippen LogP contribution in [0.2, 0.25) is 0 Å². The van der Waals surface area contributed by atoms with E-state index in [2.05, 4.69) is 20.6 Å². The number of aromatic nitrogens is 3. The molecule has 2 aromatic heterocycles. The van der Waals surface area contributed by atoms with Gasteiger partial charge in [-0.1, -0.05) is 6.07 Å². The average molecular weight is 327 g/mol. The van der Waals surface area contributed by atoms with Gasteiger partial charge in [0, 0.05) is 37.0 Å². The number of hydrogen-bond donors (Lipinski definition) is 2. The van der Waals surface area contributed by atoms with Crippen LogP contribution in [0.1, 0.15) is 34.0 Å². The summed E-state index contributed by atoms with van der Waals surface area (Å²) >= 11 is 0. The van der Waals surface area contributed by atoms with Crippen LogP contribution in [0.15, 0.2) is 23.0 Å². The molecule has 1 aliphatic rings. The Kier molecular flexibility index (Phi) is 4.59. The van der Waals surface area contributed by atoms with Crippen molar-refractivity contribution in [2.45, 2.75) is 33.2 Å². The highest BCUT2D eigenvalue weighted by molar-refractivity contribution is 5.95. The van der Waals surface area contributed by atoms with Gasteiger partial charge in [-0.15, -0.1) is 0 Å². The van der Waals surface area contributed by atoms with Gasteiger partial charge >= 0.3 is 0 Å². The van der Waals surface area contributed by atoms with Gasteiger partial charge < -0.3 is 15.2 Å². The fraction of sp³-hybridized carbons (Fsp3) is 0.412. The van der Waals surface area contributed by atoms with E-state index in [4.69, 9.17) is 0 Å². The Morgan fingerprint density at radius 2 is 2.08 bits per heavy atom. The predicted octanol–water partition coefficient (Wildman–Crippen LogP) is 1.04. The minimum absolute atomic E-state index is 0.0157. The molecule has 3 heterocycles. The molecule has 1 amide bonds. The summed E-state index contributed by atoms with van der Waals surface area (Å²) in [6.45, 7) is 5.62. The lowest BCUT2D eigenvalue weighted by molar-refractivity contribution is 0.0940. The van der Waals surface area contributed by atoms with Crippen LogP contribution in [-0.2, 0) is 13.0 Å². The molecule has 2 aromatic rings. The van der Waals surface area contributed by atoms with Crippen molar-refractivity contribution >= 4 is 11.7 Å². The molecule has 0 atom stereocenters. The molecule has 126 valence electrons. The van der Waals surface area contributed by atoms with Crippen molar-refractivity contribution in [2.24, 2.45) is 0 Å². The molecule has 7 nitrogen and oxygen atoms in total. The van der Waals surface area contributed by atoms with Gasteiger partial charge in [0.05, 0.1) is 0 Å². The van der Waals surface area contributed by atoms with Crippen LogP contribution in [0.4, 0.5) is 5.82 Å². The summed E-state index contributed by atoms with van der Waals surface area (Å²) in [7, 11) is 0. The number of carbonyl (C=O) groups is 1. The van der Waals surface area contributed by atoms with Gasteiger partial charge in [0.2, 0.25) is 0 Å². The Morgan fingerprint density at radius 3 is 2.88 bits per heavy atom. The first kappa shape index (κ1) is 16.2. The van der Waals surface area contributed by atoms with Crippen LogP contribution in [0.25, 0.3) is 0 Å². The molecule has 0 saturated heterocycles. The van der Waals surface area contributed by atoms with Crippen molar-refractivity contribution in [3.05, 3.63) is 51.3 Å². The molecule has 0 aromatic carbocycles. The first-order valence-electron chi connectivity index (χ1n) is 8.12. The molecule has 24 heavy (non-hydrogen) atoms. The summed E-state index contributed by atoms with van der Waals surface area (Å²) in [5.74, 6) is 1.16. The largest absolute Gasteiger partial charge is 0.370 e. The zero-order valence-corrected chi connectivity index (χ0v) is 13.9. The van der Waals surface area contributed by atoms with Crippen LogP contribution in [0.3, 0.4) is 0 Å². The molecule has 0 aliphatic carbocycles. The van der Waals surface area contributed by atoms with E-state index in [1.165, 1.54) is 0 Å². The fourth-order valence-corrected chi connectivity index (χ4v) is 2.91. The van der Waals surface area contributed by atoms with E-state index in [9.17, 15) is 9.59 Å². The highest BCUT2D eigenvalue weighted by Gasteiger charge is 2.22. The van der Waals surface area contributed by atoms with Gasteiger partial charge in [-0.25, -0.2) is 9.97 Å². The lowest BCUT2D eigenvalue weighted by Crippen LogP contribution is -2.34. The Labute approximate surface area is 140 Å². The highest BCUT2D eigenvalue weighted by atomic mass is 16.2. The summed E-state index contributed by atoms with van der Waals surface area (Å²) < 4.78 is 1.76. The van der Waals surface area contributed by atoms with Crippen LogP contribution < -0.4 is 16.2 Å². The van der Waals surface area contributed by atoms with E-state index in [1.807, 2.05) is 13.0 Å². The van der Waals surface area contributed by atoms with Gasteiger partial charge in [-0.3, -0.25) is 9.59 Å². The van der Waals surface area contributed by atoms with Crippen LogP contribution in [-0.4, -0.2) is 33.5 Å². The second kappa shape index (κ2) is 6.82. The lowest BCUT2D eigenvalue weighted by Gasteiger charge is -2.19. The Hall–Kier alpha value is -2.70. The quantitative estimate of drug-likeness (QED) is 0.801. The predicted molar refractivity (Wildman–Crippen MR) is 91.4 cm³/mol. The maximum atomic E-state index is 11.9. The van der Waals surface area contributed by atoms with Gasteiger partial charge in [-0.05, 0) is 32.8 Å². The van der Waals surface area contributed by atoms with Crippen molar-refractivity contribution < 1.29 is 4.79 Å². The van der Waals surface area contributed by atoms with E-state index in [1.54, 1.807) is 23.6 Å². The van der Waals surface area contributed by atoms with Gasteiger partial charge in [-0.2, -0.15) is 0 Å². The number of aryl methyl sites for hydroxylation is 2. The number of anilines is 1. The maximum Gasteiger partial charge on any atom is 0.270 e. The second-order valence-electron chi connectivity index (χ2n) is 5.89. The SMILES string of the molecule is Cc1nc(NCCCn2c(C)cccc2=O)c2c(n1)C(=O)NCC2. The first-order valence-corrected chi connectivity index (χ1v) is 8.12. The number of fused-ring (bicyclic) bond motifs is 1. The molecular formula is C17H21N5O2. The topological polar surface area (TPSA) is 88.9 Å². The smallest absolute Gasteiger partial charge is 0.270 e. The van der Waals surface area contributed by atoms with E-state index in [0.29, 0.717) is 31.2 Å². The van der Waals surface area contributed by atoms with Crippen LogP contribution in [0, 0.1) is 13.8 Å². The van der Waals surface area contributed by atoms with Crippen molar-refractivity contribution in [3.63, 3.8) is 0 Å². The number of carbonyl (C=O) groups excluding carboxylic acids is 1. The molecule has 0 spiro atoms. The third-order valence-corrected chi connectivity index (χ3v) is 4.11. The highest BCUT2D eigenvalue weighted by Crippen LogP contribution is 2.20. The first-order chi connectivity index (χ1) is 11.6. The number of amides is 1. The molecule has 3 rings (SSSR count). The van der Waals surface area contributed by atoms with Crippen molar-refractivity contribution in [1.29, 1.82) is 0 Å². The number of nitrogens with one attached hydrogen (secondary N) is 2. The summed E-state index contributed by atoms with van der Waals surface area (Å²) in [4.78, 5) is 32.4. The number of hydrogen-bond acceptors (Lipinski definition) is 5. The third-order valence-electron chi connectivity index (χ3n) is 4.11. The van der Waals surface area contributed by atoms with E-state index in [0.717, 1.165) is 29.9 Å². The lowest BCUT2D eigenvalue weighted by atomic mass is 10.1. The Bertz CT molecular complexity index is 828. The van der Waals surface area contributed by atoms with E-state index < -0.39 is 0 Å². The third kappa shape index (κ3) is 3.29. The molecule has 0 saturated carbocycles. The Morgan fingerprint density at radius 1 is 1.25 bits per heavy atom. The minimum atomic E-state index is -0.142. The molecule has 0 bridgehead atoms. The van der Waals surface area contributed by atoms with Gasteiger partial charge in [0.15, 0.2) is 0 Å². The van der Waals surface area contributed by atoms with Crippen LogP contribution in [0.5, 0.6) is 0 Å². The number of rotatable bonds is 5. The van der Waals surface area contributed by atoms with Crippen molar-refractivity contribution in [1.82, 2.24) is 19.9 Å². The second-order valence-corrected chi connectivity index (χ2v) is 5.89. The normalized spacial score (nSPS) is 13.3. The van der Waals surface area contributed by atoms with Gasteiger partial charge in [0.1, 0.15) is 17.3 Å². The van der Waals surface area contributed by atoms with Gasteiger partial charge in [0.25, 0.3) is 11.5 Å². The van der Waals surface area contributed by atoms with Crippen molar-refractivity contribution in [2.75, 3.05) is 18.4 Å². The Balaban J connectivity index is 1.67. The molecule has 2 N–H and O–H groups in total. The zero-order valence-electron chi connectivity index (χ0n) is 13.9. The summed E-state index contributed by atoms with van der Waals surface area (Å²) in [6, 6.07) is 5.27. The minimum Gasteiger partial charge on any atom is -0.370 e. The van der Waals surface area contributed by atoms with E-state index in [-0.39, 0.29) is 11.5 Å². The maximum absolute atomic E-state index is 11.9. The molecule has 0 radical (unpaired) electrons. The summed E-state index contributed by atoms with van der Waals surface area (Å²) in [6.07, 6.45) is 1.51. The monoisotopic (exact) mass is 327 g/mol. The van der Waals surface area contributed by atoms with E-state index >= 15 is 0 Å². The summed E-state index contributed by atoms with van der Waals surface area (Å²) in [5, 5.41) is 6.10. The number of pyridine rings is 1. The molecule has 1 aliphatic heterocycles. The summed E-state index contributed by atoms with van der Waals surface area (Å²) in [5.41, 5.74) is 2.31. The molecular weight excluding hydrogens is 306 g/mol. The average Bonchev–Trinajstić information content (AvgIpc) is 2.54. The molecule has 7 heteroatoms. The fourth-order valence-electron chi connectivity index (χ4n) is 2.91. The standard InChI is InChI=1S/C17H21N5O2/c1-11-5-3-6-14(23)22(11)10-4-8-18-16-13-7-9-19-17(24)15(13)20-12(2)21-16/h3,5-6H,4,7-10H2,1-2H3,(H,19,24)(H,18,20,21).